The van der Waals surface area contributed by atoms with Crippen LogP contribution < -0.4 is 10.1 Å². The van der Waals surface area contributed by atoms with Crippen molar-refractivity contribution in [3.63, 3.8) is 0 Å². The summed E-state index contributed by atoms with van der Waals surface area (Å²) in [6.07, 6.45) is 4.52. The topological polar surface area (TPSA) is 106 Å². The lowest BCUT2D eigenvalue weighted by Crippen LogP contribution is -2.52. The molecule has 4 aliphatic heterocycles. The van der Waals surface area contributed by atoms with Crippen molar-refractivity contribution in [2.75, 3.05) is 33.4 Å². The molecule has 0 saturated carbocycles. The molecule has 0 bridgehead atoms. The van der Waals surface area contributed by atoms with Crippen molar-refractivity contribution in [3.8, 4) is 5.75 Å². The number of carbonyl (C=O) groups excluding carboxylic acids is 3. The lowest BCUT2D eigenvalue weighted by Gasteiger charge is -2.38. The molecule has 1 aromatic heterocycles. The quantitative estimate of drug-likeness (QED) is 0.476. The maximum Gasteiger partial charge on any atom is 0.255 e. The van der Waals surface area contributed by atoms with Gasteiger partial charge in [-0.15, -0.1) is 0 Å². The Kier molecular flexibility index (Phi) is 6.12. The molecule has 7 rings (SSSR count). The summed E-state index contributed by atoms with van der Waals surface area (Å²) in [7, 11) is 1.71. The first kappa shape index (κ1) is 25.2. The molecule has 2 aromatic carbocycles. The third-order valence-corrected chi connectivity index (χ3v) is 9.22. The second-order valence-electron chi connectivity index (χ2n) is 11.4. The number of ether oxygens (including phenoxy) is 2. The summed E-state index contributed by atoms with van der Waals surface area (Å²) in [6.45, 7) is 5.09. The first-order chi connectivity index (χ1) is 19.5. The Morgan fingerprint density at radius 1 is 1.15 bits per heavy atom. The average Bonchev–Trinajstić information content (AvgIpc) is 3.64. The average molecular weight is 544 g/mol. The van der Waals surface area contributed by atoms with Crippen LogP contribution in [0.3, 0.4) is 0 Å². The van der Waals surface area contributed by atoms with Crippen LogP contribution in [-0.4, -0.2) is 76.8 Å². The second kappa shape index (κ2) is 9.71. The Morgan fingerprint density at radius 3 is 2.80 bits per heavy atom. The van der Waals surface area contributed by atoms with E-state index in [0.717, 1.165) is 55.9 Å². The van der Waals surface area contributed by atoms with Crippen molar-refractivity contribution in [1.29, 1.82) is 0 Å². The third-order valence-electron chi connectivity index (χ3n) is 9.22. The van der Waals surface area contributed by atoms with Crippen molar-refractivity contribution < 1.29 is 23.9 Å². The van der Waals surface area contributed by atoms with E-state index in [-0.39, 0.29) is 23.7 Å². The Labute approximate surface area is 232 Å². The molecule has 40 heavy (non-hydrogen) atoms. The standard InChI is InChI=1S/C30H33N5O5/c1-39-14-13-35-24-4-2-3-19(21(24)15-31-35)16-33-11-9-30(10-12-33)18-40-27-22-17-34(25-7-8-26(36)32-28(25)37)29(38)20(22)5-6-23(27)30/h2-6,15,25H,7-14,16-18H2,1H3,(H,32,36,37). The fraction of sp³-hybridized carbons (Fsp3) is 0.467. The van der Waals surface area contributed by atoms with E-state index < -0.39 is 11.9 Å². The van der Waals surface area contributed by atoms with Crippen LogP contribution in [0.25, 0.3) is 10.9 Å². The van der Waals surface area contributed by atoms with Gasteiger partial charge in [0.15, 0.2) is 0 Å². The number of fused-ring (bicyclic) bond motifs is 5. The van der Waals surface area contributed by atoms with Crippen molar-refractivity contribution in [2.24, 2.45) is 0 Å². The van der Waals surface area contributed by atoms with Gasteiger partial charge in [-0.05, 0) is 50.0 Å². The number of nitrogens with zero attached hydrogens (tertiary/aromatic N) is 4. The molecule has 208 valence electrons. The maximum atomic E-state index is 13.2. The largest absolute Gasteiger partial charge is 0.492 e. The zero-order chi connectivity index (χ0) is 27.4. The number of hydrogen-bond donors (Lipinski definition) is 1. The van der Waals surface area contributed by atoms with E-state index in [0.29, 0.717) is 31.7 Å². The number of piperidine rings is 2. The number of imide groups is 1. The molecule has 3 amide bonds. The van der Waals surface area contributed by atoms with Gasteiger partial charge in [0, 0.05) is 47.6 Å². The molecule has 0 radical (unpaired) electrons. The number of benzene rings is 2. The minimum Gasteiger partial charge on any atom is -0.492 e. The van der Waals surface area contributed by atoms with E-state index in [4.69, 9.17) is 9.47 Å². The van der Waals surface area contributed by atoms with Crippen LogP contribution in [0.5, 0.6) is 5.75 Å². The first-order valence-electron chi connectivity index (χ1n) is 14.1. The number of rotatable bonds is 6. The fourth-order valence-electron chi connectivity index (χ4n) is 6.93. The summed E-state index contributed by atoms with van der Waals surface area (Å²) in [6, 6.07) is 9.77. The summed E-state index contributed by atoms with van der Waals surface area (Å²) in [5.41, 5.74) is 5.02. The van der Waals surface area contributed by atoms with Crippen LogP contribution >= 0.6 is 0 Å². The number of nitrogens with one attached hydrogen (secondary N) is 1. The summed E-state index contributed by atoms with van der Waals surface area (Å²) < 4.78 is 13.6. The van der Waals surface area contributed by atoms with Crippen molar-refractivity contribution >= 4 is 28.6 Å². The summed E-state index contributed by atoms with van der Waals surface area (Å²) >= 11 is 0. The maximum absolute atomic E-state index is 13.2. The number of carbonyl (C=O) groups is 3. The van der Waals surface area contributed by atoms with Gasteiger partial charge in [0.1, 0.15) is 11.8 Å². The van der Waals surface area contributed by atoms with Gasteiger partial charge < -0.3 is 14.4 Å². The van der Waals surface area contributed by atoms with Crippen LogP contribution in [0.15, 0.2) is 36.5 Å². The van der Waals surface area contributed by atoms with Gasteiger partial charge in [-0.2, -0.15) is 5.10 Å². The molecule has 10 nitrogen and oxygen atoms in total. The number of aromatic nitrogens is 2. The van der Waals surface area contributed by atoms with Gasteiger partial charge in [-0.25, -0.2) is 0 Å². The van der Waals surface area contributed by atoms with Crippen molar-refractivity contribution in [2.45, 2.75) is 56.8 Å². The van der Waals surface area contributed by atoms with E-state index in [1.807, 2.05) is 16.9 Å². The molecule has 10 heteroatoms. The van der Waals surface area contributed by atoms with Crippen molar-refractivity contribution in [3.05, 3.63) is 58.8 Å². The van der Waals surface area contributed by atoms with Gasteiger partial charge >= 0.3 is 0 Å². The van der Waals surface area contributed by atoms with Gasteiger partial charge in [0.2, 0.25) is 11.8 Å². The molecule has 1 spiro atoms. The zero-order valence-corrected chi connectivity index (χ0v) is 22.6. The number of hydrogen-bond acceptors (Lipinski definition) is 7. The van der Waals surface area contributed by atoms with Gasteiger partial charge in [-0.3, -0.25) is 29.3 Å². The number of likely N-dealkylation sites (tertiary alicyclic amines) is 1. The summed E-state index contributed by atoms with van der Waals surface area (Å²) in [5, 5.41) is 8.15. The highest BCUT2D eigenvalue weighted by molar-refractivity contribution is 6.05. The van der Waals surface area contributed by atoms with E-state index in [1.54, 1.807) is 12.0 Å². The summed E-state index contributed by atoms with van der Waals surface area (Å²) in [4.78, 5) is 41.4. The van der Waals surface area contributed by atoms with E-state index in [9.17, 15) is 14.4 Å². The highest BCUT2D eigenvalue weighted by Gasteiger charge is 2.47. The van der Waals surface area contributed by atoms with E-state index in [2.05, 4.69) is 39.6 Å². The van der Waals surface area contributed by atoms with Gasteiger partial charge in [0.25, 0.3) is 5.91 Å². The predicted octanol–water partition coefficient (Wildman–Crippen LogP) is 2.37. The molecular weight excluding hydrogens is 510 g/mol. The molecule has 5 heterocycles. The van der Waals surface area contributed by atoms with Crippen LogP contribution in [0.4, 0.5) is 0 Å². The van der Waals surface area contributed by atoms with Crippen LogP contribution in [0.2, 0.25) is 0 Å². The lowest BCUT2D eigenvalue weighted by atomic mass is 9.74. The number of methoxy groups -OCH3 is 1. The third kappa shape index (κ3) is 4.00. The Morgan fingerprint density at radius 2 is 2.00 bits per heavy atom. The smallest absolute Gasteiger partial charge is 0.255 e. The predicted molar refractivity (Wildman–Crippen MR) is 146 cm³/mol. The Balaban J connectivity index is 1.06. The zero-order valence-electron chi connectivity index (χ0n) is 22.6. The molecule has 4 aliphatic rings. The molecular formula is C30H33N5O5. The number of amides is 3. The molecule has 3 aromatic rings. The summed E-state index contributed by atoms with van der Waals surface area (Å²) in [5.74, 6) is -0.0118. The van der Waals surface area contributed by atoms with E-state index in [1.165, 1.54) is 16.5 Å². The van der Waals surface area contributed by atoms with E-state index >= 15 is 0 Å². The molecule has 2 saturated heterocycles. The molecule has 0 aliphatic carbocycles. The SMILES string of the molecule is COCCn1ncc2c(CN3CCC4(CC3)COc3c4ccc4c3CN(C3CCC(=O)NC3=O)C4=O)cccc21. The molecule has 1 atom stereocenters. The Bertz CT molecular complexity index is 1520. The first-order valence-corrected chi connectivity index (χ1v) is 14.1. The minimum absolute atomic E-state index is 0.0665. The van der Waals surface area contributed by atoms with Crippen LogP contribution in [0.1, 0.15) is 52.7 Å². The van der Waals surface area contributed by atoms with Crippen molar-refractivity contribution in [1.82, 2.24) is 24.9 Å². The molecule has 1 unspecified atom stereocenters. The van der Waals surface area contributed by atoms with Gasteiger partial charge in [0.05, 0.1) is 38.0 Å². The van der Waals surface area contributed by atoms with Crippen LogP contribution in [0, 0.1) is 0 Å². The van der Waals surface area contributed by atoms with Gasteiger partial charge in [-0.1, -0.05) is 18.2 Å². The minimum atomic E-state index is -0.622. The molecule has 1 N–H and O–H groups in total. The monoisotopic (exact) mass is 543 g/mol. The normalized spacial score (nSPS) is 22.1. The lowest BCUT2D eigenvalue weighted by molar-refractivity contribution is -0.136. The fourth-order valence-corrected chi connectivity index (χ4v) is 6.93. The molecule has 2 fully saturated rings. The Hall–Kier alpha value is -3.76. The van der Waals surface area contributed by atoms with Crippen LogP contribution in [-0.2, 0) is 39.4 Å². The highest BCUT2D eigenvalue weighted by Crippen LogP contribution is 2.49. The second-order valence-corrected chi connectivity index (χ2v) is 11.4. The highest BCUT2D eigenvalue weighted by atomic mass is 16.5.